The average molecular weight is 320 g/mol. The number of fused-ring (bicyclic) bond motifs is 1. The second kappa shape index (κ2) is 6.70. The summed E-state index contributed by atoms with van der Waals surface area (Å²) in [7, 11) is 0. The van der Waals surface area contributed by atoms with Gasteiger partial charge in [0, 0.05) is 43.2 Å². The minimum atomic E-state index is 0.765. The van der Waals surface area contributed by atoms with E-state index >= 15 is 0 Å². The molecule has 24 heavy (non-hydrogen) atoms. The lowest BCUT2D eigenvalue weighted by Crippen LogP contribution is -2.10. The molecule has 122 valence electrons. The Morgan fingerprint density at radius 2 is 2.08 bits per heavy atom. The molecule has 6 heteroatoms. The van der Waals surface area contributed by atoms with Gasteiger partial charge in [-0.15, -0.1) is 0 Å². The fourth-order valence-corrected chi connectivity index (χ4v) is 2.92. The highest BCUT2D eigenvalue weighted by Gasteiger charge is 2.19. The van der Waals surface area contributed by atoms with Crippen molar-refractivity contribution in [3.63, 3.8) is 0 Å². The number of aryl methyl sites for hydroxylation is 1. The number of imidazole rings is 1. The van der Waals surface area contributed by atoms with Crippen molar-refractivity contribution in [1.29, 1.82) is 0 Å². The molecule has 3 heterocycles. The van der Waals surface area contributed by atoms with Crippen molar-refractivity contribution >= 4 is 11.6 Å². The lowest BCUT2D eigenvalue weighted by Gasteiger charge is -2.12. The number of hydrogen-bond donors (Lipinski definition) is 2. The molecule has 2 N–H and O–H groups in total. The molecule has 0 atom stereocenters. The number of aromatic nitrogens is 4. The molecule has 3 aromatic rings. The third kappa shape index (κ3) is 3.08. The Kier molecular flexibility index (Phi) is 4.10. The third-order valence-corrected chi connectivity index (χ3v) is 4.15. The summed E-state index contributed by atoms with van der Waals surface area (Å²) in [6.45, 7) is 2.74. The summed E-state index contributed by atoms with van der Waals surface area (Å²) < 4.78 is 2.09. The van der Waals surface area contributed by atoms with E-state index in [9.17, 15) is 0 Å². The average Bonchev–Trinajstić information content (AvgIpc) is 3.30. The van der Waals surface area contributed by atoms with Crippen molar-refractivity contribution in [1.82, 2.24) is 19.5 Å². The van der Waals surface area contributed by atoms with Gasteiger partial charge in [-0.1, -0.05) is 30.3 Å². The molecular weight excluding hydrogens is 300 g/mol. The van der Waals surface area contributed by atoms with Crippen molar-refractivity contribution < 1.29 is 0 Å². The van der Waals surface area contributed by atoms with Crippen LogP contribution in [-0.2, 0) is 13.0 Å². The molecule has 0 saturated carbocycles. The highest BCUT2D eigenvalue weighted by Crippen LogP contribution is 2.29. The number of rotatable bonds is 6. The lowest BCUT2D eigenvalue weighted by atomic mass is 10.2. The summed E-state index contributed by atoms with van der Waals surface area (Å²) in [5.74, 6) is 2.68. The topological polar surface area (TPSA) is 67.7 Å². The van der Waals surface area contributed by atoms with E-state index in [0.29, 0.717) is 0 Å². The first-order valence-electron chi connectivity index (χ1n) is 8.30. The fourth-order valence-electron chi connectivity index (χ4n) is 2.92. The predicted molar refractivity (Wildman–Crippen MR) is 95.0 cm³/mol. The Balaban J connectivity index is 1.50. The van der Waals surface area contributed by atoms with Crippen molar-refractivity contribution in [2.75, 3.05) is 23.7 Å². The number of benzene rings is 1. The molecule has 0 unspecified atom stereocenters. The van der Waals surface area contributed by atoms with Crippen LogP contribution in [0.25, 0.3) is 11.4 Å². The molecule has 1 aromatic carbocycles. The Hall–Kier alpha value is -2.89. The SMILES string of the molecule is c1ccc(-c2nc(NCCCn3ccnc3)c3c(n2)NCC3)cc1. The van der Waals surface area contributed by atoms with Crippen molar-refractivity contribution in [3.05, 3.63) is 54.6 Å². The van der Waals surface area contributed by atoms with Gasteiger partial charge in [-0.05, 0) is 12.8 Å². The molecule has 0 spiro atoms. The lowest BCUT2D eigenvalue weighted by molar-refractivity contribution is 0.660. The van der Waals surface area contributed by atoms with Crippen LogP contribution in [0.3, 0.4) is 0 Å². The first kappa shape index (κ1) is 14.7. The molecule has 0 bridgehead atoms. The predicted octanol–water partition coefficient (Wildman–Crippen LogP) is 2.81. The summed E-state index contributed by atoms with van der Waals surface area (Å²) in [6.07, 6.45) is 7.62. The number of hydrogen-bond acceptors (Lipinski definition) is 5. The number of nitrogens with zero attached hydrogens (tertiary/aromatic N) is 4. The monoisotopic (exact) mass is 320 g/mol. The Morgan fingerprint density at radius 1 is 1.17 bits per heavy atom. The fraction of sp³-hybridized carbons (Fsp3) is 0.278. The van der Waals surface area contributed by atoms with Crippen LogP contribution in [0.1, 0.15) is 12.0 Å². The Labute approximate surface area is 141 Å². The summed E-state index contributed by atoms with van der Waals surface area (Å²) in [4.78, 5) is 13.5. The van der Waals surface area contributed by atoms with Crippen LogP contribution in [0.5, 0.6) is 0 Å². The zero-order valence-corrected chi connectivity index (χ0v) is 13.4. The molecule has 4 rings (SSSR count). The van der Waals surface area contributed by atoms with Gasteiger partial charge in [0.05, 0.1) is 6.33 Å². The molecule has 0 radical (unpaired) electrons. The second-order valence-electron chi connectivity index (χ2n) is 5.85. The van der Waals surface area contributed by atoms with E-state index in [1.54, 1.807) is 0 Å². The van der Waals surface area contributed by atoms with Gasteiger partial charge in [0.15, 0.2) is 5.82 Å². The highest BCUT2D eigenvalue weighted by atomic mass is 15.1. The van der Waals surface area contributed by atoms with Crippen LogP contribution in [0.2, 0.25) is 0 Å². The van der Waals surface area contributed by atoms with E-state index in [1.165, 1.54) is 5.56 Å². The highest BCUT2D eigenvalue weighted by molar-refractivity contribution is 5.67. The van der Waals surface area contributed by atoms with E-state index < -0.39 is 0 Å². The van der Waals surface area contributed by atoms with Gasteiger partial charge in [0.25, 0.3) is 0 Å². The molecule has 1 aliphatic rings. The van der Waals surface area contributed by atoms with E-state index in [2.05, 4.69) is 25.2 Å². The molecular formula is C18H20N6. The van der Waals surface area contributed by atoms with Crippen LogP contribution >= 0.6 is 0 Å². The minimum absolute atomic E-state index is 0.765. The van der Waals surface area contributed by atoms with Gasteiger partial charge in [0.2, 0.25) is 0 Å². The minimum Gasteiger partial charge on any atom is -0.370 e. The maximum atomic E-state index is 4.77. The summed E-state index contributed by atoms with van der Waals surface area (Å²) >= 11 is 0. The van der Waals surface area contributed by atoms with Crippen LogP contribution in [0.15, 0.2) is 49.1 Å². The third-order valence-electron chi connectivity index (χ3n) is 4.15. The smallest absolute Gasteiger partial charge is 0.163 e. The van der Waals surface area contributed by atoms with E-state index in [1.807, 2.05) is 49.1 Å². The molecule has 1 aliphatic heterocycles. The van der Waals surface area contributed by atoms with Gasteiger partial charge in [-0.25, -0.2) is 15.0 Å². The number of anilines is 2. The maximum absolute atomic E-state index is 4.77. The summed E-state index contributed by atoms with van der Waals surface area (Å²) in [5.41, 5.74) is 2.23. The Morgan fingerprint density at radius 3 is 2.92 bits per heavy atom. The van der Waals surface area contributed by atoms with Gasteiger partial charge >= 0.3 is 0 Å². The van der Waals surface area contributed by atoms with Gasteiger partial charge in [-0.3, -0.25) is 0 Å². The first-order chi connectivity index (χ1) is 11.9. The Bertz CT molecular complexity index is 798. The summed E-state index contributed by atoms with van der Waals surface area (Å²) in [5, 5.41) is 6.85. The zero-order chi connectivity index (χ0) is 16.2. The largest absolute Gasteiger partial charge is 0.370 e. The molecule has 2 aromatic heterocycles. The van der Waals surface area contributed by atoms with E-state index in [4.69, 9.17) is 4.98 Å². The molecule has 0 aliphatic carbocycles. The van der Waals surface area contributed by atoms with Gasteiger partial charge in [-0.2, -0.15) is 0 Å². The van der Waals surface area contributed by atoms with E-state index in [-0.39, 0.29) is 0 Å². The number of nitrogens with one attached hydrogen (secondary N) is 2. The first-order valence-corrected chi connectivity index (χ1v) is 8.30. The van der Waals surface area contributed by atoms with Crippen LogP contribution in [0.4, 0.5) is 11.6 Å². The quantitative estimate of drug-likeness (QED) is 0.684. The molecule has 0 amide bonds. The maximum Gasteiger partial charge on any atom is 0.163 e. The normalized spacial score (nSPS) is 12.7. The van der Waals surface area contributed by atoms with Crippen molar-refractivity contribution in [3.8, 4) is 11.4 Å². The van der Waals surface area contributed by atoms with Gasteiger partial charge < -0.3 is 15.2 Å². The van der Waals surface area contributed by atoms with E-state index in [0.717, 1.165) is 55.5 Å². The molecule has 0 fully saturated rings. The zero-order valence-electron chi connectivity index (χ0n) is 13.4. The second-order valence-corrected chi connectivity index (χ2v) is 5.85. The summed E-state index contributed by atoms with van der Waals surface area (Å²) in [6, 6.07) is 10.1. The molecule has 0 saturated heterocycles. The van der Waals surface area contributed by atoms with Gasteiger partial charge in [0.1, 0.15) is 11.6 Å². The van der Waals surface area contributed by atoms with Crippen LogP contribution in [0, 0.1) is 0 Å². The van der Waals surface area contributed by atoms with Crippen molar-refractivity contribution in [2.24, 2.45) is 0 Å². The van der Waals surface area contributed by atoms with Crippen molar-refractivity contribution in [2.45, 2.75) is 19.4 Å². The standard InChI is InChI=1S/C18H20N6/c1-2-5-14(6-3-1)16-22-17(15-7-9-21-18(15)23-16)20-8-4-11-24-12-10-19-13-24/h1-3,5-6,10,12-13H,4,7-9,11H2,(H2,20,21,22,23). The molecule has 6 nitrogen and oxygen atoms in total. The van der Waals surface area contributed by atoms with Crippen LogP contribution in [-0.4, -0.2) is 32.6 Å². The van der Waals surface area contributed by atoms with Crippen LogP contribution < -0.4 is 10.6 Å².